The van der Waals surface area contributed by atoms with E-state index in [9.17, 15) is 4.79 Å². The zero-order valence-corrected chi connectivity index (χ0v) is 21.3. The van der Waals surface area contributed by atoms with Crippen LogP contribution in [0.25, 0.3) is 0 Å². The Balaban J connectivity index is 1.38. The summed E-state index contributed by atoms with van der Waals surface area (Å²) < 4.78 is 9.35. The molecule has 0 aliphatic carbocycles. The van der Waals surface area contributed by atoms with Gasteiger partial charge in [0.25, 0.3) is 5.91 Å². The third-order valence-corrected chi connectivity index (χ3v) is 6.03. The normalized spacial score (nSPS) is 11.5. The summed E-state index contributed by atoms with van der Waals surface area (Å²) in [5, 5.41) is 12.0. The van der Waals surface area contributed by atoms with Crippen LogP contribution in [0.5, 0.6) is 5.75 Å². The summed E-state index contributed by atoms with van der Waals surface area (Å²) in [7, 11) is 0. The Bertz CT molecular complexity index is 1310. The Morgan fingerprint density at radius 3 is 2.29 bits per heavy atom. The quantitative estimate of drug-likeness (QED) is 0.379. The summed E-state index contributed by atoms with van der Waals surface area (Å²) in [6.07, 6.45) is 1.74. The van der Waals surface area contributed by atoms with Crippen molar-refractivity contribution in [2.45, 2.75) is 60.2 Å². The highest BCUT2D eigenvalue weighted by atomic mass is 16.5. The fourth-order valence-electron chi connectivity index (χ4n) is 3.82. The van der Waals surface area contributed by atoms with Crippen molar-refractivity contribution in [3.63, 3.8) is 0 Å². The van der Waals surface area contributed by atoms with Gasteiger partial charge in [-0.05, 0) is 55.5 Å². The summed E-state index contributed by atoms with van der Waals surface area (Å²) in [5.41, 5.74) is 6.42. The number of hydrogen-bond donors (Lipinski definition) is 1. The number of carbonyl (C=O) groups is 1. The first kappa shape index (κ1) is 24.3. The van der Waals surface area contributed by atoms with Gasteiger partial charge in [0.15, 0.2) is 12.4 Å². The van der Waals surface area contributed by atoms with Crippen LogP contribution in [0.15, 0.2) is 60.8 Å². The monoisotopic (exact) mass is 471 g/mol. The molecule has 1 amide bonds. The van der Waals surface area contributed by atoms with Gasteiger partial charge in [-0.15, -0.1) is 0 Å². The lowest BCUT2D eigenvalue weighted by molar-refractivity contribution is 0.102. The zero-order chi connectivity index (χ0) is 25.2. The second-order valence-electron chi connectivity index (χ2n) is 9.93. The fourth-order valence-corrected chi connectivity index (χ4v) is 3.82. The lowest BCUT2D eigenvalue weighted by Gasteiger charge is -2.19. The molecule has 0 spiro atoms. The molecule has 2 aromatic carbocycles. The average molecular weight is 472 g/mol. The Morgan fingerprint density at radius 1 is 0.943 bits per heavy atom. The van der Waals surface area contributed by atoms with Gasteiger partial charge in [0.2, 0.25) is 0 Å². The lowest BCUT2D eigenvalue weighted by Crippen LogP contribution is -2.15. The first-order valence-electron chi connectivity index (χ1n) is 11.8. The molecule has 7 nitrogen and oxygen atoms in total. The number of nitrogens with zero attached hydrogens (tertiary/aromatic N) is 4. The van der Waals surface area contributed by atoms with Gasteiger partial charge in [-0.25, -0.2) is 4.68 Å². The van der Waals surface area contributed by atoms with Crippen LogP contribution in [-0.2, 0) is 18.7 Å². The summed E-state index contributed by atoms with van der Waals surface area (Å²) in [6, 6.07) is 18.1. The number of benzene rings is 2. The minimum Gasteiger partial charge on any atom is -0.471 e. The largest absolute Gasteiger partial charge is 0.471 e. The number of carbonyl (C=O) groups excluding carboxylic acids is 1. The third kappa shape index (κ3) is 5.80. The van der Waals surface area contributed by atoms with Gasteiger partial charge in [-0.3, -0.25) is 9.48 Å². The number of aromatic nitrogens is 4. The minimum absolute atomic E-state index is 0.0939. The van der Waals surface area contributed by atoms with Crippen LogP contribution >= 0.6 is 0 Å². The number of aryl methyl sites for hydroxylation is 2. The molecule has 0 radical (unpaired) electrons. The van der Waals surface area contributed by atoms with Crippen molar-refractivity contribution in [2.24, 2.45) is 0 Å². The van der Waals surface area contributed by atoms with Crippen molar-refractivity contribution in [1.29, 1.82) is 0 Å². The van der Waals surface area contributed by atoms with Crippen molar-refractivity contribution in [3.8, 4) is 5.75 Å². The number of amides is 1. The zero-order valence-electron chi connectivity index (χ0n) is 21.3. The topological polar surface area (TPSA) is 74.0 Å². The van der Waals surface area contributed by atoms with Crippen LogP contribution in [-0.4, -0.2) is 25.5 Å². The summed E-state index contributed by atoms with van der Waals surface area (Å²) in [5.74, 6) is 0.478. The van der Waals surface area contributed by atoms with Crippen LogP contribution in [0.1, 0.15) is 59.3 Å². The summed E-state index contributed by atoms with van der Waals surface area (Å²) >= 11 is 0. The van der Waals surface area contributed by atoms with E-state index in [0.29, 0.717) is 17.9 Å². The van der Waals surface area contributed by atoms with Gasteiger partial charge in [0, 0.05) is 6.20 Å². The van der Waals surface area contributed by atoms with Crippen LogP contribution in [0.3, 0.4) is 0 Å². The van der Waals surface area contributed by atoms with Crippen molar-refractivity contribution < 1.29 is 9.53 Å². The predicted molar refractivity (Wildman–Crippen MR) is 138 cm³/mol. The van der Waals surface area contributed by atoms with Gasteiger partial charge in [-0.1, -0.05) is 62.7 Å². The standard InChI is InChI=1S/C28H33N5O2/c1-19-7-9-22(10-8-19)17-33-21(3)26(20(2)30-33)29-27(34)25-15-16-32(31-25)18-35-24-13-11-23(12-14-24)28(4,5)6/h7-16H,17-18H2,1-6H3,(H,29,34). The molecule has 4 aromatic rings. The van der Waals surface area contributed by atoms with E-state index in [-0.39, 0.29) is 18.1 Å². The molecule has 0 unspecified atom stereocenters. The molecule has 0 aliphatic heterocycles. The van der Waals surface area contributed by atoms with E-state index in [1.807, 2.05) is 30.7 Å². The van der Waals surface area contributed by atoms with Crippen LogP contribution in [0, 0.1) is 20.8 Å². The van der Waals surface area contributed by atoms with E-state index in [0.717, 1.165) is 22.7 Å². The van der Waals surface area contributed by atoms with Crippen molar-refractivity contribution in [3.05, 3.63) is 94.6 Å². The molecule has 182 valence electrons. The van der Waals surface area contributed by atoms with Crippen LogP contribution < -0.4 is 10.1 Å². The van der Waals surface area contributed by atoms with Crippen molar-refractivity contribution in [2.75, 3.05) is 5.32 Å². The SMILES string of the molecule is Cc1ccc(Cn2nc(C)c(NC(=O)c3ccn(COc4ccc(C(C)(C)C)cc4)n3)c2C)cc1. The smallest absolute Gasteiger partial charge is 0.276 e. The molecule has 0 bridgehead atoms. The van der Waals surface area contributed by atoms with E-state index >= 15 is 0 Å². The predicted octanol–water partition coefficient (Wildman–Crippen LogP) is 5.64. The first-order valence-corrected chi connectivity index (χ1v) is 11.8. The van der Waals surface area contributed by atoms with E-state index in [4.69, 9.17) is 4.74 Å². The van der Waals surface area contributed by atoms with Crippen LogP contribution in [0.4, 0.5) is 5.69 Å². The molecule has 35 heavy (non-hydrogen) atoms. The Kier molecular flexibility index (Phi) is 6.78. The number of nitrogens with one attached hydrogen (secondary N) is 1. The molecule has 0 fully saturated rings. The van der Waals surface area contributed by atoms with Crippen molar-refractivity contribution >= 4 is 11.6 Å². The second-order valence-corrected chi connectivity index (χ2v) is 9.93. The molecule has 2 aromatic heterocycles. The Hall–Kier alpha value is -3.87. The maximum Gasteiger partial charge on any atom is 0.276 e. The molecule has 0 saturated carbocycles. The van der Waals surface area contributed by atoms with Gasteiger partial charge < -0.3 is 10.1 Å². The average Bonchev–Trinajstić information content (AvgIpc) is 3.39. The second kappa shape index (κ2) is 9.78. The first-order chi connectivity index (χ1) is 16.6. The molecule has 4 rings (SSSR count). The summed E-state index contributed by atoms with van der Waals surface area (Å²) in [4.78, 5) is 12.9. The van der Waals surface area contributed by atoms with Gasteiger partial charge in [0.05, 0.1) is 23.6 Å². The van der Waals surface area contributed by atoms with E-state index in [2.05, 4.69) is 79.6 Å². The van der Waals surface area contributed by atoms with E-state index < -0.39 is 0 Å². The van der Waals surface area contributed by atoms with Gasteiger partial charge >= 0.3 is 0 Å². The van der Waals surface area contributed by atoms with Crippen LogP contribution in [0.2, 0.25) is 0 Å². The Morgan fingerprint density at radius 2 is 1.63 bits per heavy atom. The van der Waals surface area contributed by atoms with Gasteiger partial charge in [0.1, 0.15) is 5.75 Å². The van der Waals surface area contributed by atoms with E-state index in [1.165, 1.54) is 11.1 Å². The highest BCUT2D eigenvalue weighted by Gasteiger charge is 2.17. The minimum atomic E-state index is -0.278. The molecule has 0 aliphatic rings. The molecule has 1 N–H and O–H groups in total. The maximum absolute atomic E-state index is 12.9. The molecule has 7 heteroatoms. The fraction of sp³-hybridized carbons (Fsp3) is 0.321. The summed E-state index contributed by atoms with van der Waals surface area (Å²) in [6.45, 7) is 13.3. The maximum atomic E-state index is 12.9. The number of rotatable bonds is 7. The van der Waals surface area contributed by atoms with E-state index in [1.54, 1.807) is 16.9 Å². The molecule has 0 saturated heterocycles. The number of ether oxygens (including phenoxy) is 1. The highest BCUT2D eigenvalue weighted by Crippen LogP contribution is 2.24. The number of hydrogen-bond acceptors (Lipinski definition) is 4. The molecular weight excluding hydrogens is 438 g/mol. The Labute approximate surface area is 206 Å². The lowest BCUT2D eigenvalue weighted by atomic mass is 9.87. The van der Waals surface area contributed by atoms with Crippen molar-refractivity contribution in [1.82, 2.24) is 19.6 Å². The molecule has 2 heterocycles. The highest BCUT2D eigenvalue weighted by molar-refractivity contribution is 6.03. The molecular formula is C28H33N5O2. The molecule has 0 atom stereocenters. The third-order valence-electron chi connectivity index (χ3n) is 6.03. The van der Waals surface area contributed by atoms with Gasteiger partial charge in [-0.2, -0.15) is 10.2 Å². The number of anilines is 1.